The molecule has 0 unspecified atom stereocenters. The van der Waals surface area contributed by atoms with Gasteiger partial charge in [-0.25, -0.2) is 13.4 Å². The number of imidazole rings is 1. The van der Waals surface area contributed by atoms with Gasteiger partial charge >= 0.3 is 0 Å². The first-order valence-corrected chi connectivity index (χ1v) is 12.8. The molecule has 1 aliphatic heterocycles. The Balaban J connectivity index is 1.41. The Bertz CT molecular complexity index is 1490. The molecule has 180 valence electrons. The van der Waals surface area contributed by atoms with E-state index in [1.54, 1.807) is 6.92 Å². The van der Waals surface area contributed by atoms with Crippen LogP contribution in [0.4, 0.5) is 11.6 Å². The molecule has 0 N–H and O–H groups in total. The molecule has 0 atom stereocenters. The highest BCUT2D eigenvalue weighted by molar-refractivity contribution is 7.89. The van der Waals surface area contributed by atoms with Crippen LogP contribution in [0.2, 0.25) is 0 Å². The van der Waals surface area contributed by atoms with Gasteiger partial charge in [-0.2, -0.15) is 4.31 Å². The molecule has 9 nitrogen and oxygen atoms in total. The summed E-state index contributed by atoms with van der Waals surface area (Å²) in [4.78, 5) is 17.6. The molecule has 10 heteroatoms. The molecule has 2 heterocycles. The second kappa shape index (κ2) is 9.12. The number of aromatic nitrogens is 2. The number of piperazine rings is 1. The molecule has 0 aliphatic carbocycles. The minimum absolute atomic E-state index is 0.0172. The molecule has 0 bridgehead atoms. The summed E-state index contributed by atoms with van der Waals surface area (Å²) in [6.45, 7) is 3.76. The van der Waals surface area contributed by atoms with E-state index < -0.39 is 14.9 Å². The summed E-state index contributed by atoms with van der Waals surface area (Å²) in [5.41, 5.74) is 3.32. The molecule has 0 saturated carbocycles. The summed E-state index contributed by atoms with van der Waals surface area (Å²) < 4.78 is 30.2. The summed E-state index contributed by atoms with van der Waals surface area (Å²) in [5.74, 6) is 0.804. The lowest BCUT2D eigenvalue weighted by Gasteiger charge is -2.35. The number of benzene rings is 3. The Morgan fingerprint density at radius 1 is 0.943 bits per heavy atom. The van der Waals surface area contributed by atoms with Crippen molar-refractivity contribution in [3.05, 3.63) is 94.0 Å². The zero-order valence-electron chi connectivity index (χ0n) is 19.2. The lowest BCUT2D eigenvalue weighted by molar-refractivity contribution is -0.385. The van der Waals surface area contributed by atoms with Gasteiger partial charge in [0, 0.05) is 38.3 Å². The number of hydrogen-bond donors (Lipinski definition) is 0. The minimum atomic E-state index is -3.86. The van der Waals surface area contributed by atoms with Gasteiger partial charge in [0.1, 0.15) is 0 Å². The zero-order chi connectivity index (χ0) is 24.6. The van der Waals surface area contributed by atoms with Crippen molar-refractivity contribution in [3.63, 3.8) is 0 Å². The predicted molar refractivity (Wildman–Crippen MR) is 134 cm³/mol. The van der Waals surface area contributed by atoms with E-state index in [2.05, 4.69) is 21.6 Å². The van der Waals surface area contributed by atoms with Crippen molar-refractivity contribution in [2.75, 3.05) is 31.1 Å². The number of sulfonamides is 1. The molecule has 35 heavy (non-hydrogen) atoms. The molecule has 4 aromatic rings. The van der Waals surface area contributed by atoms with Gasteiger partial charge in [0.05, 0.1) is 27.4 Å². The monoisotopic (exact) mass is 491 g/mol. The van der Waals surface area contributed by atoms with Crippen LogP contribution in [0, 0.1) is 17.0 Å². The van der Waals surface area contributed by atoms with Gasteiger partial charge in [-0.3, -0.25) is 10.1 Å². The van der Waals surface area contributed by atoms with Crippen LogP contribution in [0.1, 0.15) is 11.1 Å². The smallest absolute Gasteiger partial charge is 0.270 e. The van der Waals surface area contributed by atoms with Gasteiger partial charge in [0.25, 0.3) is 5.69 Å². The number of nitro groups is 1. The molecular formula is C25H25N5O4S. The average Bonchev–Trinajstić information content (AvgIpc) is 3.23. The SMILES string of the molecule is Cc1ccc([N+](=O)[O-])cc1S(=O)(=O)N1CCN(c2nc3ccccc3n2Cc2ccccc2)CC1. The third-order valence-electron chi connectivity index (χ3n) is 6.34. The molecule has 1 fully saturated rings. The lowest BCUT2D eigenvalue weighted by Crippen LogP contribution is -2.49. The average molecular weight is 492 g/mol. The maximum absolute atomic E-state index is 13.3. The van der Waals surface area contributed by atoms with Gasteiger partial charge in [-0.1, -0.05) is 48.5 Å². The maximum Gasteiger partial charge on any atom is 0.270 e. The quantitative estimate of drug-likeness (QED) is 0.300. The van der Waals surface area contributed by atoms with Crippen LogP contribution in [-0.2, 0) is 16.6 Å². The predicted octanol–water partition coefficient (Wildman–Crippen LogP) is 3.81. The van der Waals surface area contributed by atoms with Crippen LogP contribution in [0.15, 0.2) is 77.7 Å². The van der Waals surface area contributed by atoms with E-state index >= 15 is 0 Å². The Labute approximate surface area is 203 Å². The number of para-hydroxylation sites is 2. The topological polar surface area (TPSA) is 102 Å². The largest absolute Gasteiger partial charge is 0.340 e. The number of non-ortho nitro benzene ring substituents is 1. The van der Waals surface area contributed by atoms with Crippen LogP contribution >= 0.6 is 0 Å². The molecule has 1 aromatic heterocycles. The summed E-state index contributed by atoms with van der Waals surface area (Å²) in [7, 11) is -3.86. The van der Waals surface area contributed by atoms with Crippen molar-refractivity contribution < 1.29 is 13.3 Å². The third-order valence-corrected chi connectivity index (χ3v) is 8.38. The summed E-state index contributed by atoms with van der Waals surface area (Å²) >= 11 is 0. The van der Waals surface area contributed by atoms with Crippen molar-refractivity contribution in [2.45, 2.75) is 18.4 Å². The number of nitrogens with zero attached hydrogens (tertiary/aromatic N) is 5. The highest BCUT2D eigenvalue weighted by atomic mass is 32.2. The Kier molecular flexibility index (Phi) is 6.00. The zero-order valence-corrected chi connectivity index (χ0v) is 20.1. The standard InChI is InChI=1S/C25H25N5O4S/c1-19-11-12-21(30(31)32)17-24(19)35(33,34)28-15-13-27(14-16-28)25-26-22-9-5-6-10-23(22)29(25)18-20-7-3-2-4-8-20/h2-12,17H,13-16,18H2,1H3. The van der Waals surface area contributed by atoms with Gasteiger partial charge in [-0.15, -0.1) is 0 Å². The van der Waals surface area contributed by atoms with Crippen LogP contribution in [0.3, 0.4) is 0 Å². The minimum Gasteiger partial charge on any atom is -0.340 e. The first-order valence-electron chi connectivity index (χ1n) is 11.3. The summed E-state index contributed by atoms with van der Waals surface area (Å²) in [5, 5.41) is 11.2. The molecule has 1 aliphatic rings. The Hall–Kier alpha value is -3.76. The van der Waals surface area contributed by atoms with E-state index in [9.17, 15) is 18.5 Å². The van der Waals surface area contributed by atoms with E-state index in [4.69, 9.17) is 4.98 Å². The fourth-order valence-corrected chi connectivity index (χ4v) is 6.14. The van der Waals surface area contributed by atoms with Crippen molar-refractivity contribution in [2.24, 2.45) is 0 Å². The second-order valence-electron chi connectivity index (χ2n) is 8.57. The first-order chi connectivity index (χ1) is 16.8. The number of aryl methyl sites for hydroxylation is 1. The third kappa shape index (κ3) is 4.38. The molecule has 0 amide bonds. The van der Waals surface area contributed by atoms with E-state index in [1.165, 1.54) is 16.4 Å². The highest BCUT2D eigenvalue weighted by Crippen LogP contribution is 2.28. The Morgan fingerprint density at radius 2 is 1.63 bits per heavy atom. The van der Waals surface area contributed by atoms with Gasteiger partial charge in [0.2, 0.25) is 16.0 Å². The number of hydrogen-bond acceptors (Lipinski definition) is 6. The molecule has 3 aromatic carbocycles. The number of anilines is 1. The lowest BCUT2D eigenvalue weighted by atomic mass is 10.2. The first kappa shape index (κ1) is 23.0. The fourth-order valence-electron chi connectivity index (χ4n) is 4.47. The van der Waals surface area contributed by atoms with E-state index in [-0.39, 0.29) is 23.7 Å². The molecule has 0 radical (unpaired) electrons. The van der Waals surface area contributed by atoms with Crippen LogP contribution in [0.5, 0.6) is 0 Å². The number of rotatable bonds is 6. The molecule has 5 rings (SSSR count). The van der Waals surface area contributed by atoms with Crippen molar-refractivity contribution >= 4 is 32.7 Å². The molecule has 0 spiro atoms. The van der Waals surface area contributed by atoms with Crippen LogP contribution in [-0.4, -0.2) is 53.4 Å². The van der Waals surface area contributed by atoms with Crippen molar-refractivity contribution in [1.29, 1.82) is 0 Å². The normalized spacial score (nSPS) is 14.9. The summed E-state index contributed by atoms with van der Waals surface area (Å²) in [6.07, 6.45) is 0. The maximum atomic E-state index is 13.3. The number of nitro benzene ring substituents is 1. The fraction of sp³-hybridized carbons (Fsp3) is 0.240. The summed E-state index contributed by atoms with van der Waals surface area (Å²) in [6, 6.07) is 22.1. The van der Waals surface area contributed by atoms with Gasteiger partial charge < -0.3 is 9.47 Å². The van der Waals surface area contributed by atoms with Crippen LogP contribution in [0.25, 0.3) is 11.0 Å². The Morgan fingerprint density at radius 3 is 2.34 bits per heavy atom. The van der Waals surface area contributed by atoms with Gasteiger partial charge in [-0.05, 0) is 30.2 Å². The van der Waals surface area contributed by atoms with Crippen molar-refractivity contribution in [1.82, 2.24) is 13.9 Å². The van der Waals surface area contributed by atoms with Crippen LogP contribution < -0.4 is 4.90 Å². The number of fused-ring (bicyclic) bond motifs is 1. The van der Waals surface area contributed by atoms with Gasteiger partial charge in [0.15, 0.2) is 0 Å². The molecular weight excluding hydrogens is 466 g/mol. The second-order valence-corrected chi connectivity index (χ2v) is 10.5. The van der Waals surface area contributed by atoms with Crippen molar-refractivity contribution in [3.8, 4) is 0 Å². The van der Waals surface area contributed by atoms with E-state index in [1.807, 2.05) is 42.5 Å². The van der Waals surface area contributed by atoms with E-state index in [0.717, 1.165) is 28.6 Å². The van der Waals surface area contributed by atoms with E-state index in [0.29, 0.717) is 25.2 Å². The highest BCUT2D eigenvalue weighted by Gasteiger charge is 2.32. The molecule has 1 saturated heterocycles.